The Bertz CT molecular complexity index is 3230. The molecular weight excluding hydrogens is 1180 g/mol. The molecule has 0 unspecified atom stereocenters. The van der Waals surface area contributed by atoms with Gasteiger partial charge in [0.25, 0.3) is 0 Å². The molecule has 0 saturated heterocycles. The molecule has 0 aromatic heterocycles. The first-order valence-corrected chi connectivity index (χ1v) is 32.8. The van der Waals surface area contributed by atoms with Crippen molar-refractivity contribution in [3.8, 4) is 22.3 Å². The van der Waals surface area contributed by atoms with Crippen molar-refractivity contribution in [2.24, 2.45) is 41.4 Å². The third-order valence-corrected chi connectivity index (χ3v) is 18.1. The van der Waals surface area contributed by atoms with E-state index in [4.69, 9.17) is 28.4 Å². The summed E-state index contributed by atoms with van der Waals surface area (Å²) in [6, 6.07) is 41.9. The van der Waals surface area contributed by atoms with Gasteiger partial charge in [-0.25, -0.2) is 24.0 Å². The normalized spacial score (nSPS) is 21.9. The number of aliphatic carboxylic acids is 1. The summed E-state index contributed by atoms with van der Waals surface area (Å²) in [5.74, 6) is -0.538. The SMILES string of the molecule is CC(C)(C)OC(=O)NC[C@H]1CC[C@@H](C(=O)O)[C@@H]1NC(=O)OCC1c2ccccc2-c2ccccc21.CC(C)(C)OC(=O)NC[C@H]1CC[C@@H](CO)[C@@H]1NC(=O)OCC1c2ccccc2-c2ccccc21.C[C@@H]1[C@@H](CNC(=O)OC(C)(C)C)CC[C@H]1COCc1ccccc1. The molecule has 0 spiro atoms. The Morgan fingerprint density at radius 1 is 0.430 bits per heavy atom. The maximum atomic E-state index is 12.8. The number of fused-ring (bicyclic) bond motifs is 6. The highest BCUT2D eigenvalue weighted by Crippen LogP contribution is 2.46. The third-order valence-electron chi connectivity index (χ3n) is 18.1. The molecular formula is C74H97N5O14. The average molecular weight is 1280 g/mol. The van der Waals surface area contributed by atoms with Crippen molar-refractivity contribution in [1.82, 2.24) is 26.6 Å². The Morgan fingerprint density at radius 3 is 1.20 bits per heavy atom. The molecule has 5 aromatic rings. The number of aliphatic hydroxyl groups is 1. The molecule has 5 amide bonds. The van der Waals surface area contributed by atoms with Crippen LogP contribution in [0.1, 0.15) is 147 Å². The summed E-state index contributed by atoms with van der Waals surface area (Å²) < 4.78 is 33.1. The van der Waals surface area contributed by atoms with E-state index in [1.54, 1.807) is 20.8 Å². The van der Waals surface area contributed by atoms with Gasteiger partial charge in [0.2, 0.25) is 0 Å². The fourth-order valence-corrected chi connectivity index (χ4v) is 13.6. The van der Waals surface area contributed by atoms with Crippen molar-refractivity contribution in [2.75, 3.05) is 46.1 Å². The quantitative estimate of drug-likeness (QED) is 0.0403. The Kier molecular flexibility index (Phi) is 24.4. The Balaban J connectivity index is 0.000000183. The first kappa shape index (κ1) is 70.7. The molecule has 0 heterocycles. The molecule has 3 saturated carbocycles. The zero-order chi connectivity index (χ0) is 67.0. The monoisotopic (exact) mass is 1280 g/mol. The number of hydrogen-bond donors (Lipinski definition) is 7. The highest BCUT2D eigenvalue weighted by atomic mass is 16.6. The van der Waals surface area contributed by atoms with Gasteiger partial charge in [0.05, 0.1) is 19.1 Å². The minimum absolute atomic E-state index is 0.00912. The lowest BCUT2D eigenvalue weighted by Gasteiger charge is -2.26. The average Bonchev–Trinajstić information content (AvgIpc) is 1.63. The highest BCUT2D eigenvalue weighted by molar-refractivity contribution is 5.81. The predicted molar refractivity (Wildman–Crippen MR) is 355 cm³/mol. The molecule has 7 N–H and O–H groups in total. The van der Waals surface area contributed by atoms with E-state index in [-0.39, 0.29) is 68.1 Å². The van der Waals surface area contributed by atoms with Crippen molar-refractivity contribution >= 4 is 36.4 Å². The van der Waals surface area contributed by atoms with Crippen LogP contribution in [0.2, 0.25) is 0 Å². The molecule has 0 bridgehead atoms. The van der Waals surface area contributed by atoms with Gasteiger partial charge in [0.15, 0.2) is 0 Å². The molecule has 3 fully saturated rings. The van der Waals surface area contributed by atoms with E-state index in [0.29, 0.717) is 50.3 Å². The van der Waals surface area contributed by atoms with Gasteiger partial charge in [-0.05, 0) is 180 Å². The summed E-state index contributed by atoms with van der Waals surface area (Å²) >= 11 is 0. The number of aliphatic hydroxyl groups excluding tert-OH is 1. The van der Waals surface area contributed by atoms with Crippen LogP contribution in [0.15, 0.2) is 127 Å². The number of carboxylic acid groups (broad SMARTS) is 1. The smallest absolute Gasteiger partial charge is 0.407 e. The molecule has 5 aliphatic rings. The topological polar surface area (TPSA) is 258 Å². The minimum Gasteiger partial charge on any atom is -0.481 e. The second kappa shape index (κ2) is 32.1. The van der Waals surface area contributed by atoms with E-state index in [2.05, 4.69) is 82.0 Å². The number of carbonyl (C=O) groups is 6. The van der Waals surface area contributed by atoms with Crippen LogP contribution < -0.4 is 26.6 Å². The van der Waals surface area contributed by atoms with E-state index >= 15 is 0 Å². The molecule has 19 heteroatoms. The molecule has 10 rings (SSSR count). The molecule has 502 valence electrons. The van der Waals surface area contributed by atoms with Gasteiger partial charge in [-0.2, -0.15) is 0 Å². The van der Waals surface area contributed by atoms with Crippen molar-refractivity contribution in [1.29, 1.82) is 0 Å². The van der Waals surface area contributed by atoms with Gasteiger partial charge in [0, 0.05) is 56.1 Å². The Morgan fingerprint density at radius 2 is 0.785 bits per heavy atom. The van der Waals surface area contributed by atoms with Crippen molar-refractivity contribution in [2.45, 2.75) is 155 Å². The summed E-state index contributed by atoms with van der Waals surface area (Å²) in [7, 11) is 0. The number of rotatable bonds is 18. The van der Waals surface area contributed by atoms with Crippen LogP contribution in [0.5, 0.6) is 0 Å². The molecule has 0 aliphatic heterocycles. The first-order chi connectivity index (χ1) is 44.3. The fourth-order valence-electron chi connectivity index (χ4n) is 13.6. The van der Waals surface area contributed by atoms with Crippen LogP contribution in [0.4, 0.5) is 24.0 Å². The predicted octanol–water partition coefficient (Wildman–Crippen LogP) is 13.4. The maximum absolute atomic E-state index is 12.8. The Labute approximate surface area is 548 Å². The highest BCUT2D eigenvalue weighted by Gasteiger charge is 2.43. The second-order valence-corrected chi connectivity index (χ2v) is 28.2. The lowest BCUT2D eigenvalue weighted by atomic mass is 9.92. The summed E-state index contributed by atoms with van der Waals surface area (Å²) in [5, 5.41) is 33.6. The zero-order valence-electron chi connectivity index (χ0n) is 55.7. The van der Waals surface area contributed by atoms with Crippen LogP contribution in [0, 0.1) is 41.4 Å². The van der Waals surface area contributed by atoms with Crippen molar-refractivity contribution in [3.63, 3.8) is 0 Å². The standard InChI is InChI=1S/C27H32N2O6.C27H34N2O5.C20H31NO3/c1-27(2,3)35-25(32)28-14-16-12-13-21(24(30)31)23(16)29-26(33)34-15-22-19-10-6-4-8-17(19)18-9-5-7-11-20(18)22;1-27(2,3)34-25(31)28-14-17-12-13-18(15-30)24(17)29-26(32)33-16-23-21-10-6-4-8-19(21)20-9-5-7-11-22(20)23;1-15-17(12-21-19(22)24-20(2,3)4)10-11-18(15)14-23-13-16-8-6-5-7-9-16/h4-11,16,21-23H,12-15H2,1-3H3,(H,28,32)(H,29,33)(H,30,31);4-11,17-18,23-24,30H,12-16H2,1-3H3,(H,28,31)(H,29,32);5-9,15,17-18H,10-14H2,1-4H3,(H,21,22)/t16-,21-,23-;17-,18+,24-;15-,17-,18+/m111/s1. The summed E-state index contributed by atoms with van der Waals surface area (Å²) in [5.41, 5.74) is 8.69. The molecule has 93 heavy (non-hydrogen) atoms. The Hall–Kier alpha value is -8.16. The largest absolute Gasteiger partial charge is 0.481 e. The second-order valence-electron chi connectivity index (χ2n) is 28.2. The number of ether oxygens (including phenoxy) is 6. The number of nitrogens with one attached hydrogen (secondary N) is 5. The van der Waals surface area contributed by atoms with Gasteiger partial charge in [0.1, 0.15) is 30.0 Å². The van der Waals surface area contributed by atoms with Crippen LogP contribution in [0.3, 0.4) is 0 Å². The van der Waals surface area contributed by atoms with Gasteiger partial charge in [-0.3, -0.25) is 4.79 Å². The van der Waals surface area contributed by atoms with Gasteiger partial charge >= 0.3 is 36.4 Å². The third kappa shape index (κ3) is 20.2. The lowest BCUT2D eigenvalue weighted by molar-refractivity contribution is -0.142. The van der Waals surface area contributed by atoms with Crippen LogP contribution in [-0.4, -0.2) is 122 Å². The summed E-state index contributed by atoms with van der Waals surface area (Å²) in [6.07, 6.45) is 2.27. The zero-order valence-corrected chi connectivity index (χ0v) is 55.7. The van der Waals surface area contributed by atoms with Gasteiger partial charge < -0.3 is 65.2 Å². The number of carboxylic acids is 1. The van der Waals surface area contributed by atoms with E-state index in [9.17, 15) is 39.0 Å². The molecule has 19 nitrogen and oxygen atoms in total. The molecule has 0 radical (unpaired) electrons. The maximum Gasteiger partial charge on any atom is 0.407 e. The van der Waals surface area contributed by atoms with Gasteiger partial charge in [-0.1, -0.05) is 134 Å². The lowest BCUT2D eigenvalue weighted by Crippen LogP contribution is -2.47. The number of benzene rings is 5. The molecule has 5 aromatic carbocycles. The number of amides is 5. The number of alkyl carbamates (subject to hydrolysis) is 5. The van der Waals surface area contributed by atoms with Crippen molar-refractivity contribution in [3.05, 3.63) is 155 Å². The van der Waals surface area contributed by atoms with Crippen LogP contribution in [0.25, 0.3) is 22.3 Å². The summed E-state index contributed by atoms with van der Waals surface area (Å²) in [4.78, 5) is 73.2. The molecule has 5 aliphatic carbocycles. The van der Waals surface area contributed by atoms with Crippen LogP contribution in [-0.2, 0) is 39.8 Å². The van der Waals surface area contributed by atoms with E-state index in [1.165, 1.54) is 16.7 Å². The fraction of sp³-hybridized carbons (Fsp3) is 0.514. The van der Waals surface area contributed by atoms with E-state index in [1.807, 2.05) is 120 Å². The van der Waals surface area contributed by atoms with Gasteiger partial charge in [-0.15, -0.1) is 0 Å². The first-order valence-electron chi connectivity index (χ1n) is 32.8. The molecule has 9 atom stereocenters. The number of carbonyl (C=O) groups excluding carboxylic acids is 5. The van der Waals surface area contributed by atoms with E-state index < -0.39 is 59.1 Å². The minimum atomic E-state index is -0.978. The van der Waals surface area contributed by atoms with Crippen LogP contribution >= 0.6 is 0 Å². The number of hydrogen-bond acceptors (Lipinski definition) is 13. The van der Waals surface area contributed by atoms with Crippen molar-refractivity contribution < 1.29 is 67.4 Å². The van der Waals surface area contributed by atoms with E-state index in [0.717, 1.165) is 65.7 Å². The summed E-state index contributed by atoms with van der Waals surface area (Å²) in [6.45, 7) is 21.7.